The third-order valence-corrected chi connectivity index (χ3v) is 4.02. The van der Waals surface area contributed by atoms with Crippen molar-refractivity contribution in [1.29, 1.82) is 0 Å². The van der Waals surface area contributed by atoms with Gasteiger partial charge < -0.3 is 20.1 Å². The number of carbonyl (C=O) groups excluding carboxylic acids is 2. The summed E-state index contributed by atoms with van der Waals surface area (Å²) in [6.07, 6.45) is 1.72. The lowest BCUT2D eigenvalue weighted by Crippen LogP contribution is -2.28. The second-order valence-electron chi connectivity index (χ2n) is 4.50. The van der Waals surface area contributed by atoms with Crippen LogP contribution in [0, 0.1) is 0 Å². The summed E-state index contributed by atoms with van der Waals surface area (Å²) in [7, 11) is 1.51. The van der Waals surface area contributed by atoms with E-state index in [0.29, 0.717) is 27.3 Å². The number of benzene rings is 1. The van der Waals surface area contributed by atoms with Gasteiger partial charge in [0.05, 0.1) is 12.0 Å². The average molecular weight is 352 g/mol. The molecule has 1 heterocycles. The smallest absolute Gasteiger partial charge is 0.263 e. The topological polar surface area (TPSA) is 76.7 Å². The van der Waals surface area contributed by atoms with Crippen molar-refractivity contribution in [3.8, 4) is 11.5 Å². The van der Waals surface area contributed by atoms with E-state index in [1.165, 1.54) is 18.9 Å². The van der Waals surface area contributed by atoms with Gasteiger partial charge in [0.1, 0.15) is 4.32 Å². The van der Waals surface area contributed by atoms with Crippen molar-refractivity contribution in [1.82, 2.24) is 10.6 Å². The number of ether oxygens (including phenoxy) is 2. The van der Waals surface area contributed by atoms with Crippen LogP contribution >= 0.6 is 24.0 Å². The molecule has 0 spiro atoms. The first-order chi connectivity index (χ1) is 11.0. The molecule has 0 atom stereocenters. The molecule has 2 amide bonds. The maximum atomic E-state index is 11.7. The number of hydrogen-bond donors (Lipinski definition) is 2. The lowest BCUT2D eigenvalue weighted by molar-refractivity contribution is -0.123. The number of likely N-dealkylation sites (N-methyl/N-ethyl adjacent to an activating group) is 1. The Morgan fingerprint density at radius 2 is 2.22 bits per heavy atom. The predicted molar refractivity (Wildman–Crippen MR) is 93.5 cm³/mol. The Hall–Kier alpha value is -2.06. The maximum Gasteiger partial charge on any atom is 0.263 e. The molecule has 0 unspecified atom stereocenters. The highest BCUT2D eigenvalue weighted by Gasteiger charge is 2.22. The Labute approximate surface area is 143 Å². The summed E-state index contributed by atoms with van der Waals surface area (Å²) in [5, 5.41) is 5.21. The summed E-state index contributed by atoms with van der Waals surface area (Å²) in [6.45, 7) is 2.30. The van der Waals surface area contributed by atoms with Crippen LogP contribution in [-0.2, 0) is 9.59 Å². The lowest BCUT2D eigenvalue weighted by Gasteiger charge is -2.11. The average Bonchev–Trinajstić information content (AvgIpc) is 2.83. The van der Waals surface area contributed by atoms with Gasteiger partial charge >= 0.3 is 0 Å². The molecule has 1 fully saturated rings. The minimum Gasteiger partial charge on any atom is -0.493 e. The van der Waals surface area contributed by atoms with E-state index in [4.69, 9.17) is 21.7 Å². The van der Waals surface area contributed by atoms with E-state index >= 15 is 0 Å². The fourth-order valence-electron chi connectivity index (χ4n) is 1.86. The van der Waals surface area contributed by atoms with Crippen LogP contribution < -0.4 is 20.1 Å². The molecule has 8 heteroatoms. The minimum atomic E-state index is -0.212. The van der Waals surface area contributed by atoms with Crippen molar-refractivity contribution < 1.29 is 19.1 Å². The van der Waals surface area contributed by atoms with Gasteiger partial charge in [0.2, 0.25) is 0 Å². The van der Waals surface area contributed by atoms with Gasteiger partial charge in [-0.3, -0.25) is 9.59 Å². The van der Waals surface area contributed by atoms with Gasteiger partial charge in [-0.05, 0) is 30.7 Å². The standard InChI is InChI=1S/C15H16N2O4S2/c1-3-16-13(18)8-21-10-5-4-9(6-11(10)20-2)7-12-14(19)17-15(22)23-12/h4-7H,3,8H2,1-2H3,(H,16,18)(H,17,19,22). The lowest BCUT2D eigenvalue weighted by atomic mass is 10.2. The summed E-state index contributed by atoms with van der Waals surface area (Å²) < 4.78 is 11.2. The number of amides is 2. The van der Waals surface area contributed by atoms with Crippen LogP contribution in [0.15, 0.2) is 23.1 Å². The molecule has 0 aromatic heterocycles. The molecule has 23 heavy (non-hydrogen) atoms. The van der Waals surface area contributed by atoms with Crippen LogP contribution in [0.1, 0.15) is 12.5 Å². The zero-order valence-corrected chi connectivity index (χ0v) is 14.3. The molecular weight excluding hydrogens is 336 g/mol. The van der Waals surface area contributed by atoms with Gasteiger partial charge in [0.25, 0.3) is 11.8 Å². The Bertz CT molecular complexity index is 673. The summed E-state index contributed by atoms with van der Waals surface area (Å²) in [6, 6.07) is 5.20. The summed E-state index contributed by atoms with van der Waals surface area (Å²) in [5.74, 6) is 0.526. The Kier molecular flexibility index (Phi) is 6.00. The molecule has 0 saturated carbocycles. The van der Waals surface area contributed by atoms with Crippen molar-refractivity contribution in [3.05, 3.63) is 28.7 Å². The molecule has 1 aliphatic rings. The quantitative estimate of drug-likeness (QED) is 0.599. The second-order valence-corrected chi connectivity index (χ2v) is 6.22. The monoisotopic (exact) mass is 352 g/mol. The zero-order valence-electron chi connectivity index (χ0n) is 12.7. The first-order valence-electron chi connectivity index (χ1n) is 6.86. The van der Waals surface area contributed by atoms with Gasteiger partial charge in [0, 0.05) is 6.54 Å². The number of thioether (sulfide) groups is 1. The van der Waals surface area contributed by atoms with Gasteiger partial charge in [-0.1, -0.05) is 30.0 Å². The second kappa shape index (κ2) is 7.98. The van der Waals surface area contributed by atoms with E-state index < -0.39 is 0 Å². The van der Waals surface area contributed by atoms with E-state index in [9.17, 15) is 9.59 Å². The van der Waals surface area contributed by atoms with Crippen molar-refractivity contribution in [2.75, 3.05) is 20.3 Å². The number of hydrogen-bond acceptors (Lipinski definition) is 6. The number of thiocarbonyl (C=S) groups is 1. The number of nitrogens with one attached hydrogen (secondary N) is 2. The number of rotatable bonds is 6. The first-order valence-corrected chi connectivity index (χ1v) is 8.08. The number of methoxy groups -OCH3 is 1. The molecule has 1 saturated heterocycles. The maximum absolute atomic E-state index is 11.7. The van der Waals surface area contributed by atoms with E-state index in [1.54, 1.807) is 24.3 Å². The molecule has 6 nitrogen and oxygen atoms in total. The molecule has 2 N–H and O–H groups in total. The molecule has 1 aliphatic heterocycles. The highest BCUT2D eigenvalue weighted by Crippen LogP contribution is 2.31. The SMILES string of the molecule is CCNC(=O)COc1ccc(C=C2SC(=S)NC2=O)cc1OC. The van der Waals surface area contributed by atoms with E-state index in [2.05, 4.69) is 10.6 Å². The third-order valence-electron chi connectivity index (χ3n) is 2.86. The van der Waals surface area contributed by atoms with Gasteiger partial charge in [-0.15, -0.1) is 0 Å². The molecule has 2 rings (SSSR count). The predicted octanol–water partition coefficient (Wildman–Crippen LogP) is 1.70. The largest absolute Gasteiger partial charge is 0.493 e. The van der Waals surface area contributed by atoms with Crippen LogP contribution in [0.2, 0.25) is 0 Å². The minimum absolute atomic E-state index is 0.0861. The normalized spacial score (nSPS) is 15.5. The Morgan fingerprint density at radius 3 is 2.83 bits per heavy atom. The Balaban J connectivity index is 2.13. The Morgan fingerprint density at radius 1 is 1.43 bits per heavy atom. The summed E-state index contributed by atoms with van der Waals surface area (Å²) in [5.41, 5.74) is 0.773. The van der Waals surface area contributed by atoms with E-state index in [1.807, 2.05) is 6.92 Å². The molecule has 1 aromatic rings. The number of carbonyl (C=O) groups is 2. The van der Waals surface area contributed by atoms with Crippen LogP contribution in [-0.4, -0.2) is 36.4 Å². The summed E-state index contributed by atoms with van der Waals surface area (Å²) in [4.78, 5) is 23.6. The van der Waals surface area contributed by atoms with Crippen molar-refractivity contribution in [2.45, 2.75) is 6.92 Å². The summed E-state index contributed by atoms with van der Waals surface area (Å²) >= 11 is 6.16. The van der Waals surface area contributed by atoms with Crippen molar-refractivity contribution in [2.24, 2.45) is 0 Å². The zero-order chi connectivity index (χ0) is 16.8. The fraction of sp³-hybridized carbons (Fsp3) is 0.267. The van der Waals surface area contributed by atoms with Crippen LogP contribution in [0.4, 0.5) is 0 Å². The molecule has 0 radical (unpaired) electrons. The fourth-order valence-corrected chi connectivity index (χ4v) is 2.90. The van der Waals surface area contributed by atoms with Gasteiger partial charge in [-0.25, -0.2) is 0 Å². The van der Waals surface area contributed by atoms with Crippen LogP contribution in [0.5, 0.6) is 11.5 Å². The highest BCUT2D eigenvalue weighted by atomic mass is 32.2. The van der Waals surface area contributed by atoms with Crippen molar-refractivity contribution >= 4 is 46.2 Å². The van der Waals surface area contributed by atoms with Crippen molar-refractivity contribution in [3.63, 3.8) is 0 Å². The van der Waals surface area contributed by atoms with Gasteiger partial charge in [-0.2, -0.15) is 0 Å². The molecule has 1 aromatic carbocycles. The van der Waals surface area contributed by atoms with Gasteiger partial charge in [0.15, 0.2) is 18.1 Å². The molecule has 0 aliphatic carbocycles. The molecular formula is C15H16N2O4S2. The van der Waals surface area contributed by atoms with Crippen LogP contribution in [0.25, 0.3) is 6.08 Å². The van der Waals surface area contributed by atoms with E-state index in [0.717, 1.165) is 5.56 Å². The third kappa shape index (κ3) is 4.70. The van der Waals surface area contributed by atoms with Crippen LogP contribution in [0.3, 0.4) is 0 Å². The molecule has 122 valence electrons. The first kappa shape index (κ1) is 17.3. The van der Waals surface area contributed by atoms with E-state index in [-0.39, 0.29) is 18.4 Å². The molecule has 0 bridgehead atoms. The highest BCUT2D eigenvalue weighted by molar-refractivity contribution is 8.26.